The number of para-hydroxylation sites is 4. The molecule has 0 aliphatic carbocycles. The fourth-order valence-corrected chi connectivity index (χ4v) is 9.65. The van der Waals surface area contributed by atoms with E-state index in [1.807, 2.05) is 24.5 Å². The van der Waals surface area contributed by atoms with Crippen molar-refractivity contribution < 1.29 is 0 Å². The van der Waals surface area contributed by atoms with Crippen LogP contribution in [0.3, 0.4) is 0 Å². The molecule has 0 saturated carbocycles. The number of aryl methyl sites for hydroxylation is 2. The predicted molar refractivity (Wildman–Crippen MR) is 222 cm³/mol. The van der Waals surface area contributed by atoms with E-state index < -0.39 is 0 Å². The second-order valence-electron chi connectivity index (χ2n) is 15.0. The zero-order chi connectivity index (χ0) is 36.8. The van der Waals surface area contributed by atoms with Crippen LogP contribution >= 0.6 is 0 Å². The molecular weight excluding hydrogens is 677 g/mol. The largest absolute Gasteiger partial charge is 0.301 e. The number of nitrogens with zero attached hydrogens (tertiary/aromatic N) is 8. The molecule has 4 unspecified atom stereocenters. The minimum Gasteiger partial charge on any atom is -0.301 e. The highest BCUT2D eigenvalue weighted by molar-refractivity contribution is 5.94. The Morgan fingerprint density at radius 2 is 1.13 bits per heavy atom. The van der Waals surface area contributed by atoms with Crippen molar-refractivity contribution >= 4 is 62.6 Å². The smallest absolute Gasteiger partial charge is 0.179 e. The number of anilines is 8. The first-order valence-electron chi connectivity index (χ1n) is 19.4. The van der Waals surface area contributed by atoms with Gasteiger partial charge in [0.15, 0.2) is 23.3 Å². The molecule has 0 spiro atoms. The Morgan fingerprint density at radius 3 is 1.84 bits per heavy atom. The maximum atomic E-state index is 5.44. The predicted octanol–water partition coefficient (Wildman–Crippen LogP) is 10.6. The normalized spacial score (nSPS) is 20.5. The second-order valence-corrected chi connectivity index (χ2v) is 15.0. The van der Waals surface area contributed by atoms with Gasteiger partial charge in [0.1, 0.15) is 12.3 Å². The van der Waals surface area contributed by atoms with Gasteiger partial charge in [0.05, 0.1) is 16.7 Å². The second kappa shape index (κ2) is 12.2. The van der Waals surface area contributed by atoms with Crippen LogP contribution in [0.5, 0.6) is 0 Å². The number of benzene rings is 5. The molecule has 0 saturated heterocycles. The first kappa shape index (κ1) is 31.9. The number of allylic oxidation sites excluding steroid dienone is 1. The highest BCUT2D eigenvalue weighted by atomic mass is 15.5. The summed E-state index contributed by atoms with van der Waals surface area (Å²) in [5.41, 5.74) is 12.4. The third-order valence-corrected chi connectivity index (χ3v) is 12.1. The van der Waals surface area contributed by atoms with Crippen molar-refractivity contribution in [3.63, 3.8) is 0 Å². The SMILES string of the molecule is C=C1CC2c3ccccc3N3c4nc5ccccc5nc4N(c4ccccc4)C3C2C2N(c3ccc(CC)cc3)c3nccnc3N2c2ccc(CC)cc21. The summed E-state index contributed by atoms with van der Waals surface area (Å²) in [7, 11) is 0. The van der Waals surface area contributed by atoms with Gasteiger partial charge in [0, 0.05) is 46.9 Å². The fraction of sp³-hybridized carbons (Fsp3) is 0.191. The Morgan fingerprint density at radius 1 is 0.564 bits per heavy atom. The molecule has 11 rings (SSSR count). The van der Waals surface area contributed by atoms with E-state index in [1.54, 1.807) is 0 Å². The summed E-state index contributed by atoms with van der Waals surface area (Å²) in [5.74, 6) is 3.42. The van der Waals surface area contributed by atoms with Crippen LogP contribution in [-0.4, -0.2) is 32.3 Å². The Bertz CT molecular complexity index is 2640. The molecule has 0 N–H and O–H groups in total. The Labute approximate surface area is 321 Å². The molecule has 0 radical (unpaired) electrons. The van der Waals surface area contributed by atoms with Gasteiger partial charge in [0.25, 0.3) is 0 Å². The lowest BCUT2D eigenvalue weighted by molar-refractivity contribution is 0.289. The Hall–Kier alpha value is -6.54. The molecule has 8 heteroatoms. The van der Waals surface area contributed by atoms with E-state index in [0.29, 0.717) is 0 Å². The van der Waals surface area contributed by atoms with Crippen molar-refractivity contribution in [3.8, 4) is 0 Å². The first-order chi connectivity index (χ1) is 27.1. The molecule has 0 amide bonds. The van der Waals surface area contributed by atoms with Gasteiger partial charge in [-0.3, -0.25) is 0 Å². The van der Waals surface area contributed by atoms with Crippen molar-refractivity contribution in [2.45, 2.75) is 51.4 Å². The molecule has 6 heterocycles. The number of rotatable bonds is 4. The standard InChI is InChI=1S/C47H40N8/c1-4-30-19-22-33(23-20-30)52-42-43(49-26-25-48-42)54-40-24-21-31(5-2)28-35(40)29(3)27-36-34-15-9-12-18-39(34)55-45-44(50-37-16-10-11-17-38(37)51-45)53(32-13-7-6-8-14-32)47(55)41(36)46(52)54/h6-26,28,36,41,46-47H,3-5,27H2,1-2H3. The molecule has 7 aromatic rings. The van der Waals surface area contributed by atoms with Crippen LogP contribution in [0.4, 0.5) is 46.0 Å². The quantitative estimate of drug-likeness (QED) is 0.178. The van der Waals surface area contributed by atoms with Gasteiger partial charge in [-0.25, -0.2) is 19.9 Å². The molecule has 55 heavy (non-hydrogen) atoms. The Balaban J connectivity index is 1.24. The van der Waals surface area contributed by atoms with E-state index in [0.717, 1.165) is 81.9 Å². The van der Waals surface area contributed by atoms with Gasteiger partial charge in [-0.1, -0.05) is 87.2 Å². The van der Waals surface area contributed by atoms with Crippen molar-refractivity contribution in [3.05, 3.63) is 163 Å². The number of hydrogen-bond acceptors (Lipinski definition) is 8. The zero-order valence-corrected chi connectivity index (χ0v) is 30.9. The van der Waals surface area contributed by atoms with E-state index in [9.17, 15) is 0 Å². The maximum absolute atomic E-state index is 5.44. The van der Waals surface area contributed by atoms with Crippen LogP contribution in [0.15, 0.2) is 140 Å². The average Bonchev–Trinajstić information content (AvgIpc) is 3.75. The highest BCUT2D eigenvalue weighted by Crippen LogP contribution is 2.62. The van der Waals surface area contributed by atoms with E-state index in [4.69, 9.17) is 26.5 Å². The summed E-state index contributed by atoms with van der Waals surface area (Å²) in [6.07, 6.45) is 5.92. The lowest BCUT2D eigenvalue weighted by Gasteiger charge is -2.52. The molecule has 8 nitrogen and oxygen atoms in total. The van der Waals surface area contributed by atoms with Crippen molar-refractivity contribution in [1.29, 1.82) is 0 Å². The summed E-state index contributed by atoms with van der Waals surface area (Å²) < 4.78 is 0. The van der Waals surface area contributed by atoms with E-state index >= 15 is 0 Å². The molecule has 2 aromatic heterocycles. The fourth-order valence-electron chi connectivity index (χ4n) is 9.65. The highest BCUT2D eigenvalue weighted by Gasteiger charge is 2.59. The van der Waals surface area contributed by atoms with E-state index in [1.165, 1.54) is 22.3 Å². The van der Waals surface area contributed by atoms with Crippen LogP contribution in [0.25, 0.3) is 16.6 Å². The van der Waals surface area contributed by atoms with Gasteiger partial charge in [-0.15, -0.1) is 0 Å². The molecule has 4 atom stereocenters. The van der Waals surface area contributed by atoms with Crippen molar-refractivity contribution in [2.75, 3.05) is 19.6 Å². The van der Waals surface area contributed by atoms with Gasteiger partial charge in [-0.2, -0.15) is 0 Å². The average molecular weight is 717 g/mol. The lowest BCUT2D eigenvalue weighted by Crippen LogP contribution is -2.60. The van der Waals surface area contributed by atoms with E-state index in [2.05, 4.69) is 143 Å². The molecule has 4 aliphatic rings. The summed E-state index contributed by atoms with van der Waals surface area (Å²) >= 11 is 0. The molecule has 0 fully saturated rings. The monoisotopic (exact) mass is 716 g/mol. The van der Waals surface area contributed by atoms with E-state index in [-0.39, 0.29) is 24.2 Å². The maximum Gasteiger partial charge on any atom is 0.179 e. The third-order valence-electron chi connectivity index (χ3n) is 12.1. The number of hydrogen-bond donors (Lipinski definition) is 0. The van der Waals surface area contributed by atoms with Gasteiger partial charge in [0.2, 0.25) is 0 Å². The topological polar surface area (TPSA) is 64.5 Å². The molecule has 4 aliphatic heterocycles. The lowest BCUT2D eigenvalue weighted by atomic mass is 9.71. The van der Waals surface area contributed by atoms with Crippen LogP contribution in [0.2, 0.25) is 0 Å². The van der Waals surface area contributed by atoms with Crippen molar-refractivity contribution in [1.82, 2.24) is 19.9 Å². The van der Waals surface area contributed by atoms with Crippen LogP contribution in [0.1, 0.15) is 48.4 Å². The summed E-state index contributed by atoms with van der Waals surface area (Å²) in [5, 5.41) is 0. The Kier molecular flexibility index (Phi) is 7.11. The van der Waals surface area contributed by atoms with Crippen LogP contribution in [0, 0.1) is 5.92 Å². The van der Waals surface area contributed by atoms with Crippen LogP contribution in [-0.2, 0) is 12.8 Å². The third kappa shape index (κ3) is 4.64. The first-order valence-corrected chi connectivity index (χ1v) is 19.4. The minimum atomic E-state index is -0.231. The zero-order valence-electron chi connectivity index (χ0n) is 30.9. The summed E-state index contributed by atoms with van der Waals surface area (Å²) in [4.78, 5) is 31.0. The molecular formula is C47H40N8. The number of fused-ring (bicyclic) bond motifs is 15. The summed E-state index contributed by atoms with van der Waals surface area (Å²) in [6, 6.07) is 43.8. The molecule has 5 aromatic carbocycles. The number of aromatic nitrogens is 4. The van der Waals surface area contributed by atoms with Crippen LogP contribution < -0.4 is 19.6 Å². The van der Waals surface area contributed by atoms with Crippen molar-refractivity contribution in [2.24, 2.45) is 5.92 Å². The van der Waals surface area contributed by atoms with Gasteiger partial charge >= 0.3 is 0 Å². The van der Waals surface area contributed by atoms with Gasteiger partial charge < -0.3 is 19.6 Å². The summed E-state index contributed by atoms with van der Waals surface area (Å²) in [6.45, 7) is 9.30. The molecule has 268 valence electrons. The molecule has 0 bridgehead atoms. The van der Waals surface area contributed by atoms with Gasteiger partial charge in [-0.05, 0) is 96.1 Å². The minimum absolute atomic E-state index is 0.0631.